The summed E-state index contributed by atoms with van der Waals surface area (Å²) in [5, 5.41) is 19.1. The second-order valence-electron chi connectivity index (χ2n) is 3.48. The van der Waals surface area contributed by atoms with Crippen LogP contribution in [0.1, 0.15) is 52.9 Å². The molecule has 1 unspecified atom stereocenters. The van der Waals surface area contributed by atoms with E-state index < -0.39 is 5.79 Å². The molecule has 0 radical (unpaired) electrons. The molecule has 0 aromatic carbocycles. The fourth-order valence-corrected chi connectivity index (χ4v) is 1.50. The fourth-order valence-electron chi connectivity index (χ4n) is 1.50. The molecule has 0 saturated heterocycles. The highest BCUT2D eigenvalue weighted by atomic mass is 16.5. The topological polar surface area (TPSA) is 40.5 Å². The van der Waals surface area contributed by atoms with E-state index in [4.69, 9.17) is 0 Å². The molecule has 2 nitrogen and oxygen atoms in total. The zero-order chi connectivity index (χ0) is 9.61. The molecule has 0 aliphatic heterocycles. The highest BCUT2D eigenvalue weighted by Gasteiger charge is 2.30. The molecular weight excluding hydrogens is 152 g/mol. The van der Waals surface area contributed by atoms with E-state index in [1.807, 2.05) is 13.8 Å². The number of rotatable bonds is 6. The number of unbranched alkanes of at least 4 members (excludes halogenated alkanes) is 1. The maximum atomic E-state index is 9.57. The van der Waals surface area contributed by atoms with Crippen molar-refractivity contribution in [3.05, 3.63) is 0 Å². The number of hydrogen-bond donors (Lipinski definition) is 2. The number of hydrogen-bond acceptors (Lipinski definition) is 2. The molecule has 0 aromatic rings. The smallest absolute Gasteiger partial charge is 0.165 e. The summed E-state index contributed by atoms with van der Waals surface area (Å²) in [6.45, 7) is 5.95. The summed E-state index contributed by atoms with van der Waals surface area (Å²) in [5.41, 5.74) is 0. The fraction of sp³-hybridized carbons (Fsp3) is 1.00. The Kier molecular flexibility index (Phi) is 5.51. The summed E-state index contributed by atoms with van der Waals surface area (Å²) >= 11 is 0. The Bertz CT molecular complexity index is 110. The average molecular weight is 174 g/mol. The molecule has 0 spiro atoms. The van der Waals surface area contributed by atoms with E-state index in [2.05, 4.69) is 6.92 Å². The summed E-state index contributed by atoms with van der Waals surface area (Å²) in [7, 11) is 0. The van der Waals surface area contributed by atoms with E-state index in [1.165, 1.54) is 0 Å². The van der Waals surface area contributed by atoms with Crippen molar-refractivity contribution < 1.29 is 10.2 Å². The standard InChI is InChI=1S/C10H22O2/c1-4-7-8-9(5-2)10(11,12)6-3/h9,11-12H,4-8H2,1-3H3. The molecule has 0 fully saturated rings. The average Bonchev–Trinajstić information content (AvgIpc) is 2.05. The second kappa shape index (κ2) is 5.55. The van der Waals surface area contributed by atoms with Crippen LogP contribution in [0.3, 0.4) is 0 Å². The first-order valence-electron chi connectivity index (χ1n) is 5.03. The van der Waals surface area contributed by atoms with Gasteiger partial charge in [-0.3, -0.25) is 0 Å². The van der Waals surface area contributed by atoms with Crippen molar-refractivity contribution in [1.82, 2.24) is 0 Å². The van der Waals surface area contributed by atoms with Gasteiger partial charge in [-0.15, -0.1) is 0 Å². The minimum Gasteiger partial charge on any atom is -0.365 e. The zero-order valence-electron chi connectivity index (χ0n) is 8.51. The second-order valence-corrected chi connectivity index (χ2v) is 3.48. The Balaban J connectivity index is 3.95. The van der Waals surface area contributed by atoms with Gasteiger partial charge >= 0.3 is 0 Å². The van der Waals surface area contributed by atoms with Crippen molar-refractivity contribution >= 4 is 0 Å². The van der Waals surface area contributed by atoms with Gasteiger partial charge in [0.05, 0.1) is 0 Å². The van der Waals surface area contributed by atoms with Crippen molar-refractivity contribution in [3.8, 4) is 0 Å². The van der Waals surface area contributed by atoms with Crippen LogP contribution in [0, 0.1) is 5.92 Å². The van der Waals surface area contributed by atoms with Crippen LogP contribution >= 0.6 is 0 Å². The van der Waals surface area contributed by atoms with Crippen LogP contribution in [0.25, 0.3) is 0 Å². The largest absolute Gasteiger partial charge is 0.365 e. The van der Waals surface area contributed by atoms with E-state index >= 15 is 0 Å². The van der Waals surface area contributed by atoms with Crippen LogP contribution in [0.2, 0.25) is 0 Å². The Hall–Kier alpha value is -0.0800. The normalized spacial score (nSPS) is 14.8. The maximum absolute atomic E-state index is 9.57. The van der Waals surface area contributed by atoms with Gasteiger partial charge in [0.25, 0.3) is 0 Å². The first-order chi connectivity index (χ1) is 5.58. The van der Waals surface area contributed by atoms with Gasteiger partial charge < -0.3 is 10.2 Å². The van der Waals surface area contributed by atoms with Gasteiger partial charge in [0.15, 0.2) is 5.79 Å². The first-order valence-corrected chi connectivity index (χ1v) is 5.03. The molecule has 74 valence electrons. The van der Waals surface area contributed by atoms with E-state index in [-0.39, 0.29) is 5.92 Å². The maximum Gasteiger partial charge on any atom is 0.165 e. The Morgan fingerprint density at radius 2 is 1.75 bits per heavy atom. The molecule has 12 heavy (non-hydrogen) atoms. The summed E-state index contributed by atoms with van der Waals surface area (Å²) in [5.74, 6) is -1.40. The minimum atomic E-state index is -1.44. The summed E-state index contributed by atoms with van der Waals surface area (Å²) < 4.78 is 0. The molecule has 1 atom stereocenters. The summed E-state index contributed by atoms with van der Waals surface area (Å²) in [6.07, 6.45) is 4.40. The molecule has 0 saturated carbocycles. The predicted molar refractivity (Wildman–Crippen MR) is 50.8 cm³/mol. The van der Waals surface area contributed by atoms with E-state index in [0.29, 0.717) is 6.42 Å². The van der Waals surface area contributed by atoms with Crippen LogP contribution in [0.15, 0.2) is 0 Å². The lowest BCUT2D eigenvalue weighted by atomic mass is 9.89. The van der Waals surface area contributed by atoms with Gasteiger partial charge in [-0.25, -0.2) is 0 Å². The third-order valence-corrected chi connectivity index (χ3v) is 2.57. The van der Waals surface area contributed by atoms with Crippen molar-refractivity contribution in [3.63, 3.8) is 0 Å². The third kappa shape index (κ3) is 3.55. The van der Waals surface area contributed by atoms with E-state index in [0.717, 1.165) is 25.7 Å². The molecule has 0 heterocycles. The molecule has 0 bridgehead atoms. The number of aliphatic hydroxyl groups is 2. The lowest BCUT2D eigenvalue weighted by molar-refractivity contribution is -0.204. The van der Waals surface area contributed by atoms with Crippen LogP contribution in [0.4, 0.5) is 0 Å². The lowest BCUT2D eigenvalue weighted by Crippen LogP contribution is -2.36. The molecular formula is C10H22O2. The van der Waals surface area contributed by atoms with Gasteiger partial charge in [0, 0.05) is 5.92 Å². The highest BCUT2D eigenvalue weighted by Crippen LogP contribution is 2.26. The van der Waals surface area contributed by atoms with Gasteiger partial charge in [-0.2, -0.15) is 0 Å². The van der Waals surface area contributed by atoms with Crippen molar-refractivity contribution in [2.24, 2.45) is 5.92 Å². The van der Waals surface area contributed by atoms with E-state index in [1.54, 1.807) is 0 Å². The van der Waals surface area contributed by atoms with Crippen LogP contribution in [-0.2, 0) is 0 Å². The minimum absolute atomic E-state index is 0.0439. The van der Waals surface area contributed by atoms with Crippen molar-refractivity contribution in [2.45, 2.75) is 58.7 Å². The highest BCUT2D eigenvalue weighted by molar-refractivity contribution is 4.73. The molecule has 2 heteroatoms. The molecule has 0 aromatic heterocycles. The Morgan fingerprint density at radius 3 is 2.08 bits per heavy atom. The van der Waals surface area contributed by atoms with Gasteiger partial charge in [0.1, 0.15) is 0 Å². The van der Waals surface area contributed by atoms with Crippen molar-refractivity contribution in [2.75, 3.05) is 0 Å². The van der Waals surface area contributed by atoms with Gasteiger partial charge in [0.2, 0.25) is 0 Å². The van der Waals surface area contributed by atoms with E-state index in [9.17, 15) is 10.2 Å². The van der Waals surface area contributed by atoms with Gasteiger partial charge in [-0.05, 0) is 19.3 Å². The van der Waals surface area contributed by atoms with Crippen LogP contribution < -0.4 is 0 Å². The summed E-state index contributed by atoms with van der Waals surface area (Å²) in [4.78, 5) is 0. The zero-order valence-corrected chi connectivity index (χ0v) is 8.51. The predicted octanol–water partition coefficient (Wildman–Crippen LogP) is 2.29. The third-order valence-electron chi connectivity index (χ3n) is 2.57. The quantitative estimate of drug-likeness (QED) is 0.606. The Labute approximate surface area is 75.6 Å². The van der Waals surface area contributed by atoms with Crippen molar-refractivity contribution in [1.29, 1.82) is 0 Å². The monoisotopic (exact) mass is 174 g/mol. The van der Waals surface area contributed by atoms with Gasteiger partial charge in [-0.1, -0.05) is 33.6 Å². The van der Waals surface area contributed by atoms with Crippen LogP contribution in [-0.4, -0.2) is 16.0 Å². The molecule has 2 N–H and O–H groups in total. The Morgan fingerprint density at radius 1 is 1.17 bits per heavy atom. The molecule has 0 rings (SSSR count). The lowest BCUT2D eigenvalue weighted by Gasteiger charge is -2.29. The molecule has 0 aliphatic carbocycles. The molecule has 0 amide bonds. The first kappa shape index (κ1) is 11.9. The molecule has 0 aliphatic rings. The summed E-state index contributed by atoms with van der Waals surface area (Å²) in [6, 6.07) is 0. The SMILES string of the molecule is CCCCC(CC)C(O)(O)CC. The van der Waals surface area contributed by atoms with Crippen LogP contribution in [0.5, 0.6) is 0 Å².